The monoisotopic (exact) mass is 343 g/mol. The minimum absolute atomic E-state index is 0. The van der Waals surface area contributed by atoms with Crippen LogP contribution in [0, 0.1) is 5.92 Å². The highest BCUT2D eigenvalue weighted by molar-refractivity contribution is 5.92. The molecule has 1 amide bonds. The summed E-state index contributed by atoms with van der Waals surface area (Å²) in [6, 6.07) is 3.85. The molecule has 3 N–H and O–H groups in total. The van der Waals surface area contributed by atoms with Crippen molar-refractivity contribution < 1.29 is 4.79 Å². The van der Waals surface area contributed by atoms with Crippen molar-refractivity contribution in [2.24, 2.45) is 11.7 Å². The van der Waals surface area contributed by atoms with Crippen LogP contribution in [-0.4, -0.2) is 26.5 Å². The number of carbonyl (C=O) groups is 1. The number of nitrogens with two attached hydrogens (primary N) is 1. The molecular formula is C14H19Cl2N5O. The van der Waals surface area contributed by atoms with Crippen molar-refractivity contribution >= 4 is 36.4 Å². The number of nitrogens with one attached hydrogen (secondary N) is 1. The maximum atomic E-state index is 12.1. The number of halogens is 2. The van der Waals surface area contributed by atoms with Crippen LogP contribution >= 0.6 is 24.8 Å². The maximum absolute atomic E-state index is 12.1. The normalized spacial score (nSPS) is 19.9. The van der Waals surface area contributed by atoms with E-state index < -0.39 is 0 Å². The molecular weight excluding hydrogens is 325 g/mol. The predicted molar refractivity (Wildman–Crippen MR) is 89.8 cm³/mol. The minimum atomic E-state index is 0. The van der Waals surface area contributed by atoms with Gasteiger partial charge in [-0.1, -0.05) is 0 Å². The smallest absolute Gasteiger partial charge is 0.227 e. The Morgan fingerprint density at radius 2 is 2.14 bits per heavy atom. The Bertz CT molecular complexity index is 588. The summed E-state index contributed by atoms with van der Waals surface area (Å²) in [5.74, 6) is 0.830. The van der Waals surface area contributed by atoms with Gasteiger partial charge in [0.2, 0.25) is 5.91 Å². The van der Waals surface area contributed by atoms with Crippen LogP contribution in [0.3, 0.4) is 0 Å². The van der Waals surface area contributed by atoms with E-state index in [2.05, 4.69) is 15.3 Å². The minimum Gasteiger partial charge on any atom is -0.328 e. The summed E-state index contributed by atoms with van der Waals surface area (Å²) in [6.45, 7) is 0. The number of aromatic nitrogens is 3. The van der Waals surface area contributed by atoms with Crippen LogP contribution in [0.5, 0.6) is 0 Å². The highest BCUT2D eigenvalue weighted by atomic mass is 35.5. The first-order valence-corrected chi connectivity index (χ1v) is 6.73. The molecule has 1 aliphatic carbocycles. The van der Waals surface area contributed by atoms with Crippen molar-refractivity contribution in [1.82, 2.24) is 14.5 Å². The van der Waals surface area contributed by atoms with E-state index in [9.17, 15) is 4.79 Å². The zero-order chi connectivity index (χ0) is 13.9. The molecule has 8 heteroatoms. The lowest BCUT2D eigenvalue weighted by molar-refractivity contribution is -0.119. The number of hydrogen-bond acceptors (Lipinski definition) is 4. The fourth-order valence-corrected chi connectivity index (χ4v) is 2.51. The molecule has 3 rings (SSSR count). The van der Waals surface area contributed by atoms with Gasteiger partial charge in [0.05, 0.1) is 11.9 Å². The number of nitrogens with zero attached hydrogens (tertiary/aromatic N) is 3. The second-order valence-corrected chi connectivity index (χ2v) is 5.13. The Balaban J connectivity index is 0.00000121. The number of amides is 1. The third-order valence-corrected chi connectivity index (χ3v) is 3.63. The third-order valence-electron chi connectivity index (χ3n) is 3.63. The molecule has 2 aromatic heterocycles. The maximum Gasteiger partial charge on any atom is 0.227 e. The van der Waals surface area contributed by atoms with Gasteiger partial charge in [0, 0.05) is 24.4 Å². The van der Waals surface area contributed by atoms with E-state index >= 15 is 0 Å². The molecule has 0 aliphatic heterocycles. The lowest BCUT2D eigenvalue weighted by atomic mass is 10.1. The Labute approximate surface area is 141 Å². The number of carbonyl (C=O) groups excluding carboxylic acids is 1. The van der Waals surface area contributed by atoms with E-state index in [1.54, 1.807) is 18.7 Å². The molecule has 2 aromatic rings. The molecule has 0 saturated heterocycles. The molecule has 1 aliphatic rings. The largest absolute Gasteiger partial charge is 0.328 e. The molecule has 120 valence electrons. The zero-order valence-electron chi connectivity index (χ0n) is 11.9. The number of hydrogen-bond donors (Lipinski definition) is 2. The second-order valence-electron chi connectivity index (χ2n) is 5.13. The van der Waals surface area contributed by atoms with Gasteiger partial charge in [0.1, 0.15) is 12.1 Å². The summed E-state index contributed by atoms with van der Waals surface area (Å²) >= 11 is 0. The van der Waals surface area contributed by atoms with E-state index in [4.69, 9.17) is 5.73 Å². The molecule has 2 unspecified atom stereocenters. The highest BCUT2D eigenvalue weighted by Gasteiger charge is 2.27. The second kappa shape index (κ2) is 8.12. The van der Waals surface area contributed by atoms with Crippen molar-refractivity contribution in [2.75, 3.05) is 5.32 Å². The van der Waals surface area contributed by atoms with E-state index in [1.165, 1.54) is 0 Å². The van der Waals surface area contributed by atoms with Gasteiger partial charge < -0.3 is 11.1 Å². The van der Waals surface area contributed by atoms with E-state index in [1.807, 2.05) is 22.9 Å². The number of pyridine rings is 1. The van der Waals surface area contributed by atoms with Crippen LogP contribution in [0.2, 0.25) is 0 Å². The zero-order valence-corrected chi connectivity index (χ0v) is 13.5. The highest BCUT2D eigenvalue weighted by Crippen LogP contribution is 2.25. The molecule has 2 atom stereocenters. The van der Waals surface area contributed by atoms with Crippen molar-refractivity contribution in [2.45, 2.75) is 25.3 Å². The van der Waals surface area contributed by atoms with Crippen LogP contribution in [0.15, 0.2) is 37.1 Å². The summed E-state index contributed by atoms with van der Waals surface area (Å²) in [5, 5.41) is 2.90. The van der Waals surface area contributed by atoms with Gasteiger partial charge in [0.25, 0.3) is 0 Å². The molecule has 22 heavy (non-hydrogen) atoms. The van der Waals surface area contributed by atoms with Crippen LogP contribution in [0.4, 0.5) is 5.69 Å². The lowest BCUT2D eigenvalue weighted by Crippen LogP contribution is -2.23. The first-order valence-electron chi connectivity index (χ1n) is 6.73. The number of anilines is 1. The fourth-order valence-electron chi connectivity index (χ4n) is 2.51. The van der Waals surface area contributed by atoms with E-state index in [0.29, 0.717) is 5.69 Å². The standard InChI is InChI=1S/C14H17N5O.2ClH/c15-11-2-1-10(7-11)14(20)18-12-3-4-13(17-8-12)19-6-5-16-9-19;;/h3-6,8-11H,1-2,7,15H2,(H,18,20);2*1H. The Morgan fingerprint density at radius 3 is 2.68 bits per heavy atom. The van der Waals surface area contributed by atoms with Crippen LogP contribution in [0.1, 0.15) is 19.3 Å². The molecule has 0 radical (unpaired) electrons. The molecule has 2 heterocycles. The molecule has 1 saturated carbocycles. The van der Waals surface area contributed by atoms with Gasteiger partial charge in [-0.3, -0.25) is 9.36 Å². The van der Waals surface area contributed by atoms with Gasteiger partial charge >= 0.3 is 0 Å². The Kier molecular flexibility index (Phi) is 6.80. The average molecular weight is 344 g/mol. The van der Waals surface area contributed by atoms with Crippen molar-refractivity contribution in [3.63, 3.8) is 0 Å². The Morgan fingerprint density at radius 1 is 1.32 bits per heavy atom. The van der Waals surface area contributed by atoms with Crippen LogP contribution in [0.25, 0.3) is 5.82 Å². The summed E-state index contributed by atoms with van der Waals surface area (Å²) in [5.41, 5.74) is 6.54. The Hall–Kier alpha value is -1.63. The number of imidazole rings is 1. The van der Waals surface area contributed by atoms with Gasteiger partial charge in [-0.2, -0.15) is 0 Å². The first-order chi connectivity index (χ1) is 9.72. The van der Waals surface area contributed by atoms with Gasteiger partial charge in [-0.15, -0.1) is 24.8 Å². The van der Waals surface area contributed by atoms with Crippen molar-refractivity contribution in [3.8, 4) is 5.82 Å². The van der Waals surface area contributed by atoms with E-state index in [0.717, 1.165) is 25.1 Å². The van der Waals surface area contributed by atoms with E-state index in [-0.39, 0.29) is 42.7 Å². The molecule has 0 spiro atoms. The van der Waals surface area contributed by atoms with Crippen molar-refractivity contribution in [3.05, 3.63) is 37.1 Å². The fraction of sp³-hybridized carbons (Fsp3) is 0.357. The summed E-state index contributed by atoms with van der Waals surface area (Å²) in [4.78, 5) is 20.3. The van der Waals surface area contributed by atoms with Crippen molar-refractivity contribution in [1.29, 1.82) is 0 Å². The van der Waals surface area contributed by atoms with Crippen LogP contribution < -0.4 is 11.1 Å². The SMILES string of the molecule is Cl.Cl.NC1CCC(C(=O)Nc2ccc(-n3ccnc3)nc2)C1. The summed E-state index contributed by atoms with van der Waals surface area (Å²) in [6.07, 6.45) is 9.42. The van der Waals surface area contributed by atoms with Crippen LogP contribution in [-0.2, 0) is 4.79 Å². The number of rotatable bonds is 3. The quantitative estimate of drug-likeness (QED) is 0.894. The lowest BCUT2D eigenvalue weighted by Gasteiger charge is -2.11. The van der Waals surface area contributed by atoms with Gasteiger partial charge in [0.15, 0.2) is 0 Å². The molecule has 0 aromatic carbocycles. The summed E-state index contributed by atoms with van der Waals surface area (Å²) in [7, 11) is 0. The molecule has 6 nitrogen and oxygen atoms in total. The third kappa shape index (κ3) is 4.19. The first kappa shape index (κ1) is 18.4. The predicted octanol–water partition coefficient (Wildman–Crippen LogP) is 2.18. The van der Waals surface area contributed by atoms with Gasteiger partial charge in [-0.25, -0.2) is 9.97 Å². The summed E-state index contributed by atoms with van der Waals surface area (Å²) < 4.78 is 1.81. The topological polar surface area (TPSA) is 85.8 Å². The average Bonchev–Trinajstić information content (AvgIpc) is 3.10. The molecule has 1 fully saturated rings. The van der Waals surface area contributed by atoms with Gasteiger partial charge in [-0.05, 0) is 31.4 Å². The molecule has 0 bridgehead atoms.